The number of Topliss-reactive ketones (excluding diaryl/α,β-unsaturated/α-hetero) is 3. The maximum absolute atomic E-state index is 14.6. The number of rotatable bonds is 4. The number of phenols is 1. The van der Waals surface area contributed by atoms with Gasteiger partial charge in [0.25, 0.3) is 0 Å². The Kier molecular flexibility index (Phi) is 7.10. The number of phenolic OH excluding ortho intramolecular Hbond substituents is 1. The van der Waals surface area contributed by atoms with E-state index in [1.807, 2.05) is 12.1 Å². The lowest BCUT2D eigenvalue weighted by molar-refractivity contribution is -0.215. The van der Waals surface area contributed by atoms with Gasteiger partial charge in [-0.3, -0.25) is 14.4 Å². The van der Waals surface area contributed by atoms with Gasteiger partial charge in [0.15, 0.2) is 17.2 Å². The molecule has 0 saturated heterocycles. The van der Waals surface area contributed by atoms with Gasteiger partial charge in [-0.25, -0.2) is 0 Å². The van der Waals surface area contributed by atoms with Crippen LogP contribution in [-0.4, -0.2) is 54.6 Å². The number of aliphatic hydroxyl groups is 4. The van der Waals surface area contributed by atoms with Crippen molar-refractivity contribution in [1.82, 2.24) is 0 Å². The molecule has 228 valence electrons. The summed E-state index contributed by atoms with van der Waals surface area (Å²) in [5, 5.41) is 59.2. The standard InChI is InChI=1S/C34H44O8/c1-15(2)24-27(37)22(18(5)35)29(39)34(42)30(40)25-28(38)23-21(17(4)32(25,6)31(41)33(24,34)7)13-12-20(26(23)36)14-19-10-8-16(3)9-11-19/h12-13,15-17,19,24,31,36,38-39,41-42H,8-11,14H2,1-7H3/t16?,17-,19?,24?,31-,32+,33+,34+/m1/s1. The Morgan fingerprint density at radius 2 is 1.62 bits per heavy atom. The highest BCUT2D eigenvalue weighted by atomic mass is 16.4. The maximum atomic E-state index is 14.6. The molecule has 0 heterocycles. The fourth-order valence-electron chi connectivity index (χ4n) is 8.98. The van der Waals surface area contributed by atoms with Gasteiger partial charge in [-0.1, -0.05) is 66.5 Å². The molecular formula is C34H44O8. The van der Waals surface area contributed by atoms with Crippen molar-refractivity contribution in [2.24, 2.45) is 34.5 Å². The zero-order valence-corrected chi connectivity index (χ0v) is 25.6. The first-order chi connectivity index (χ1) is 19.5. The molecule has 5 rings (SSSR count). The highest BCUT2D eigenvalue weighted by Gasteiger charge is 2.77. The zero-order valence-electron chi connectivity index (χ0n) is 25.6. The largest absolute Gasteiger partial charge is 0.508 e. The van der Waals surface area contributed by atoms with Crippen molar-refractivity contribution in [3.05, 3.63) is 45.7 Å². The van der Waals surface area contributed by atoms with E-state index in [1.165, 1.54) is 6.92 Å². The number of hydrogen-bond donors (Lipinski definition) is 5. The maximum Gasteiger partial charge on any atom is 0.203 e. The second-order valence-electron chi connectivity index (χ2n) is 14.2. The van der Waals surface area contributed by atoms with E-state index in [4.69, 9.17) is 0 Å². The molecule has 0 aromatic heterocycles. The van der Waals surface area contributed by atoms with Crippen molar-refractivity contribution in [1.29, 1.82) is 0 Å². The van der Waals surface area contributed by atoms with Gasteiger partial charge in [0.1, 0.15) is 22.8 Å². The van der Waals surface area contributed by atoms with Crippen LogP contribution in [0.3, 0.4) is 0 Å². The molecule has 2 saturated carbocycles. The SMILES string of the molecule is CC(=O)C1=C(O)[C@]2(O)C(=O)C3=C(O)c4c(ccc(CC5CCC(C)CC5)c4O)[C@@H](C)[C@]3(C)[C@@H](O)[C@]2(C)C(C(C)C)C1=O. The molecule has 0 amide bonds. The van der Waals surface area contributed by atoms with Crippen LogP contribution in [0.25, 0.3) is 5.76 Å². The Balaban J connectivity index is 1.75. The highest BCUT2D eigenvalue weighted by molar-refractivity contribution is 6.24. The predicted molar refractivity (Wildman–Crippen MR) is 157 cm³/mol. The fourth-order valence-corrected chi connectivity index (χ4v) is 8.98. The van der Waals surface area contributed by atoms with Crippen LogP contribution in [0.2, 0.25) is 0 Å². The molecule has 4 aliphatic rings. The van der Waals surface area contributed by atoms with Crippen LogP contribution in [0.5, 0.6) is 5.75 Å². The van der Waals surface area contributed by atoms with E-state index in [2.05, 4.69) is 6.92 Å². The molecule has 0 radical (unpaired) electrons. The number of hydrogen-bond acceptors (Lipinski definition) is 8. The molecule has 1 aromatic rings. The lowest BCUT2D eigenvalue weighted by Gasteiger charge is -2.63. The van der Waals surface area contributed by atoms with Crippen molar-refractivity contribution in [2.45, 2.75) is 98.2 Å². The Bertz CT molecular complexity index is 1440. The van der Waals surface area contributed by atoms with Crippen LogP contribution in [0.15, 0.2) is 29.0 Å². The topological polar surface area (TPSA) is 152 Å². The monoisotopic (exact) mass is 580 g/mol. The number of allylic oxidation sites excluding steroid dienone is 1. The van der Waals surface area contributed by atoms with E-state index in [0.29, 0.717) is 29.4 Å². The molecule has 0 aliphatic heterocycles. The van der Waals surface area contributed by atoms with Crippen LogP contribution < -0.4 is 0 Å². The molecule has 0 bridgehead atoms. The molecule has 1 unspecified atom stereocenters. The summed E-state index contributed by atoms with van der Waals surface area (Å²) in [6.45, 7) is 11.5. The Morgan fingerprint density at radius 3 is 2.17 bits per heavy atom. The molecule has 42 heavy (non-hydrogen) atoms. The minimum Gasteiger partial charge on any atom is -0.508 e. The summed E-state index contributed by atoms with van der Waals surface area (Å²) in [4.78, 5) is 40.8. The van der Waals surface area contributed by atoms with Gasteiger partial charge in [0.05, 0.1) is 17.2 Å². The summed E-state index contributed by atoms with van der Waals surface area (Å²) >= 11 is 0. The molecule has 4 aliphatic carbocycles. The minimum atomic E-state index is -2.87. The lowest BCUT2D eigenvalue weighted by atomic mass is 9.40. The molecule has 0 spiro atoms. The Hall–Kier alpha value is -2.97. The number of carbonyl (C=O) groups is 3. The van der Waals surface area contributed by atoms with Crippen LogP contribution in [0, 0.1) is 34.5 Å². The van der Waals surface area contributed by atoms with Crippen molar-refractivity contribution in [2.75, 3.05) is 0 Å². The molecular weight excluding hydrogens is 536 g/mol. The summed E-state index contributed by atoms with van der Waals surface area (Å²) in [5.41, 5.74) is -6.07. The second kappa shape index (κ2) is 9.78. The van der Waals surface area contributed by atoms with E-state index in [1.54, 1.807) is 27.7 Å². The van der Waals surface area contributed by atoms with Crippen molar-refractivity contribution < 1.29 is 39.9 Å². The van der Waals surface area contributed by atoms with Gasteiger partial charge in [0.2, 0.25) is 5.78 Å². The first-order valence-corrected chi connectivity index (χ1v) is 15.2. The second-order valence-corrected chi connectivity index (χ2v) is 14.2. The summed E-state index contributed by atoms with van der Waals surface area (Å²) in [5.74, 6) is -5.77. The van der Waals surface area contributed by atoms with E-state index in [9.17, 15) is 39.9 Å². The first kappa shape index (κ1) is 30.5. The molecule has 2 fully saturated rings. The van der Waals surface area contributed by atoms with Gasteiger partial charge in [-0.05, 0) is 61.0 Å². The number of benzene rings is 1. The number of aliphatic hydroxyl groups excluding tert-OH is 3. The quantitative estimate of drug-likeness (QED) is 0.309. The zero-order chi connectivity index (χ0) is 31.3. The first-order valence-electron chi connectivity index (χ1n) is 15.2. The van der Waals surface area contributed by atoms with Crippen molar-refractivity contribution in [3.8, 4) is 5.75 Å². The summed E-state index contributed by atoms with van der Waals surface area (Å²) < 4.78 is 0. The van der Waals surface area contributed by atoms with Crippen LogP contribution >= 0.6 is 0 Å². The van der Waals surface area contributed by atoms with Gasteiger partial charge in [-0.15, -0.1) is 0 Å². The van der Waals surface area contributed by atoms with Gasteiger partial charge in [0, 0.05) is 16.7 Å². The number of aromatic hydroxyl groups is 1. The molecule has 1 aromatic carbocycles. The van der Waals surface area contributed by atoms with E-state index >= 15 is 0 Å². The Labute approximate surface area is 247 Å². The molecule has 8 heteroatoms. The number of carbonyl (C=O) groups excluding carboxylic acids is 3. The Morgan fingerprint density at radius 1 is 1.02 bits per heavy atom. The van der Waals surface area contributed by atoms with Gasteiger partial charge >= 0.3 is 0 Å². The fraction of sp³-hybridized carbons (Fsp3) is 0.618. The summed E-state index contributed by atoms with van der Waals surface area (Å²) in [7, 11) is 0. The smallest absolute Gasteiger partial charge is 0.203 e. The van der Waals surface area contributed by atoms with E-state index in [0.717, 1.165) is 32.6 Å². The molecule has 5 N–H and O–H groups in total. The minimum absolute atomic E-state index is 0.0759. The third-order valence-electron chi connectivity index (χ3n) is 11.6. The predicted octanol–water partition coefficient (Wildman–Crippen LogP) is 5.09. The number of ketones is 3. The van der Waals surface area contributed by atoms with Crippen LogP contribution in [0.1, 0.15) is 96.8 Å². The molecule has 6 atom stereocenters. The van der Waals surface area contributed by atoms with Crippen LogP contribution in [-0.2, 0) is 20.8 Å². The summed E-state index contributed by atoms with van der Waals surface area (Å²) in [6, 6.07) is 3.66. The molecule has 8 nitrogen and oxygen atoms in total. The van der Waals surface area contributed by atoms with Crippen molar-refractivity contribution >= 4 is 23.1 Å². The third kappa shape index (κ3) is 3.63. The third-order valence-corrected chi connectivity index (χ3v) is 11.6. The van der Waals surface area contributed by atoms with E-state index in [-0.39, 0.29) is 16.9 Å². The summed E-state index contributed by atoms with van der Waals surface area (Å²) in [6.07, 6.45) is 3.30. The average molecular weight is 581 g/mol. The van der Waals surface area contributed by atoms with Gasteiger partial charge in [-0.2, -0.15) is 0 Å². The van der Waals surface area contributed by atoms with Crippen LogP contribution in [0.4, 0.5) is 0 Å². The highest BCUT2D eigenvalue weighted by Crippen LogP contribution is 2.67. The van der Waals surface area contributed by atoms with Crippen molar-refractivity contribution in [3.63, 3.8) is 0 Å². The van der Waals surface area contributed by atoms with E-state index < -0.39 is 74.7 Å². The lowest BCUT2D eigenvalue weighted by Crippen LogP contribution is -2.75. The average Bonchev–Trinajstić information content (AvgIpc) is 2.91. The number of fused-ring (bicyclic) bond motifs is 3. The normalized spacial score (nSPS) is 38.4. The van der Waals surface area contributed by atoms with Gasteiger partial charge < -0.3 is 25.5 Å².